The number of ether oxygens (including phenoxy) is 1. The number of hydrogen-bond donors (Lipinski definition) is 0. The van der Waals surface area contributed by atoms with E-state index in [0.717, 1.165) is 18.8 Å². The van der Waals surface area contributed by atoms with Crippen LogP contribution in [-0.2, 0) is 6.61 Å². The van der Waals surface area contributed by atoms with Gasteiger partial charge in [0.2, 0.25) is 5.82 Å². The third kappa shape index (κ3) is 3.45. The predicted octanol–water partition coefficient (Wildman–Crippen LogP) is 3.45. The Balaban J connectivity index is 1.47. The highest BCUT2D eigenvalue weighted by Gasteiger charge is 2.16. The van der Waals surface area contributed by atoms with E-state index in [-0.39, 0.29) is 12.4 Å². The van der Waals surface area contributed by atoms with Crippen molar-refractivity contribution < 1.29 is 13.7 Å². The molecule has 2 aromatic heterocycles. The van der Waals surface area contributed by atoms with Gasteiger partial charge in [-0.05, 0) is 37.1 Å². The number of para-hydroxylation sites is 1. The molecule has 0 radical (unpaired) electrons. The van der Waals surface area contributed by atoms with Crippen LogP contribution in [0, 0.1) is 5.82 Å². The lowest BCUT2D eigenvalue weighted by Gasteiger charge is -2.17. The number of anilines is 1. The van der Waals surface area contributed by atoms with Gasteiger partial charge < -0.3 is 14.2 Å². The summed E-state index contributed by atoms with van der Waals surface area (Å²) in [6.07, 6.45) is 4.15. The fourth-order valence-electron chi connectivity index (χ4n) is 2.83. The first-order valence-electron chi connectivity index (χ1n) is 8.21. The number of benzene rings is 1. The Bertz CT molecular complexity index is 862. The van der Waals surface area contributed by atoms with E-state index < -0.39 is 5.82 Å². The number of nitrogens with zero attached hydrogens (tertiary/aromatic N) is 4. The van der Waals surface area contributed by atoms with Crippen molar-refractivity contribution in [3.05, 3.63) is 54.2 Å². The van der Waals surface area contributed by atoms with E-state index in [2.05, 4.69) is 20.0 Å². The van der Waals surface area contributed by atoms with Crippen molar-refractivity contribution in [2.75, 3.05) is 18.0 Å². The summed E-state index contributed by atoms with van der Waals surface area (Å²) in [5.41, 5.74) is 1.72. The maximum absolute atomic E-state index is 13.6. The molecule has 0 spiro atoms. The first kappa shape index (κ1) is 15.6. The Morgan fingerprint density at radius 1 is 1.16 bits per heavy atom. The van der Waals surface area contributed by atoms with Gasteiger partial charge in [0.25, 0.3) is 5.89 Å². The fraction of sp³-hybridized carbons (Fsp3) is 0.278. The molecule has 3 heterocycles. The zero-order valence-electron chi connectivity index (χ0n) is 13.6. The van der Waals surface area contributed by atoms with Gasteiger partial charge in [-0.15, -0.1) is 0 Å². The standard InChI is InChI=1S/C18H17FN4O2/c19-14-5-1-2-6-16(14)24-12-17-21-18(25-22-17)15-11-13(7-8-20-15)23-9-3-4-10-23/h1-2,5-8,11H,3-4,9-10,12H2. The smallest absolute Gasteiger partial charge is 0.276 e. The van der Waals surface area contributed by atoms with E-state index in [4.69, 9.17) is 9.26 Å². The van der Waals surface area contributed by atoms with Gasteiger partial charge in [-0.3, -0.25) is 4.98 Å². The Labute approximate surface area is 144 Å². The number of rotatable bonds is 5. The average molecular weight is 340 g/mol. The minimum absolute atomic E-state index is 0.0241. The normalized spacial score (nSPS) is 14.0. The first-order valence-corrected chi connectivity index (χ1v) is 8.21. The quantitative estimate of drug-likeness (QED) is 0.709. The van der Waals surface area contributed by atoms with Gasteiger partial charge in [-0.25, -0.2) is 4.39 Å². The SMILES string of the molecule is Fc1ccccc1OCc1noc(-c2cc(N3CCCC3)ccn2)n1. The molecule has 25 heavy (non-hydrogen) atoms. The van der Waals surface area contributed by atoms with E-state index in [1.54, 1.807) is 24.4 Å². The van der Waals surface area contributed by atoms with Gasteiger partial charge in [-0.2, -0.15) is 4.98 Å². The minimum Gasteiger partial charge on any atom is -0.482 e. The lowest BCUT2D eigenvalue weighted by molar-refractivity contribution is 0.274. The topological polar surface area (TPSA) is 64.3 Å². The summed E-state index contributed by atoms with van der Waals surface area (Å²) in [7, 11) is 0. The summed E-state index contributed by atoms with van der Waals surface area (Å²) in [4.78, 5) is 10.9. The molecule has 1 aliphatic rings. The zero-order chi connectivity index (χ0) is 17.1. The summed E-state index contributed by atoms with van der Waals surface area (Å²) >= 11 is 0. The van der Waals surface area contributed by atoms with Gasteiger partial charge in [0.05, 0.1) is 0 Å². The van der Waals surface area contributed by atoms with Crippen molar-refractivity contribution >= 4 is 5.69 Å². The molecule has 0 unspecified atom stereocenters. The van der Waals surface area contributed by atoms with E-state index >= 15 is 0 Å². The Kier molecular flexibility index (Phi) is 4.28. The highest BCUT2D eigenvalue weighted by atomic mass is 19.1. The fourth-order valence-corrected chi connectivity index (χ4v) is 2.83. The van der Waals surface area contributed by atoms with E-state index in [1.165, 1.54) is 18.9 Å². The second kappa shape index (κ2) is 6.88. The monoisotopic (exact) mass is 340 g/mol. The van der Waals surface area contributed by atoms with Gasteiger partial charge in [0.15, 0.2) is 18.2 Å². The number of hydrogen-bond acceptors (Lipinski definition) is 6. The third-order valence-electron chi connectivity index (χ3n) is 4.10. The van der Waals surface area contributed by atoms with E-state index in [1.807, 2.05) is 12.1 Å². The molecule has 0 N–H and O–H groups in total. The first-order chi connectivity index (χ1) is 12.3. The van der Waals surface area contributed by atoms with Crippen LogP contribution in [0.15, 0.2) is 47.1 Å². The van der Waals surface area contributed by atoms with E-state index in [9.17, 15) is 4.39 Å². The van der Waals surface area contributed by atoms with Crippen LogP contribution in [0.5, 0.6) is 5.75 Å². The van der Waals surface area contributed by atoms with Crippen LogP contribution < -0.4 is 9.64 Å². The van der Waals surface area contributed by atoms with Gasteiger partial charge in [0.1, 0.15) is 5.69 Å². The molecule has 0 aliphatic carbocycles. The molecule has 7 heteroatoms. The van der Waals surface area contributed by atoms with Crippen LogP contribution in [0.3, 0.4) is 0 Å². The molecular weight excluding hydrogens is 323 g/mol. The highest BCUT2D eigenvalue weighted by Crippen LogP contribution is 2.24. The van der Waals surface area contributed by atoms with Crippen LogP contribution in [0.4, 0.5) is 10.1 Å². The molecule has 1 fully saturated rings. The third-order valence-corrected chi connectivity index (χ3v) is 4.10. The van der Waals surface area contributed by atoms with Gasteiger partial charge in [-0.1, -0.05) is 17.3 Å². The van der Waals surface area contributed by atoms with Crippen LogP contribution >= 0.6 is 0 Å². The van der Waals surface area contributed by atoms with Crippen molar-refractivity contribution in [2.24, 2.45) is 0 Å². The van der Waals surface area contributed by atoms with Crippen molar-refractivity contribution in [1.82, 2.24) is 15.1 Å². The molecule has 0 atom stereocenters. The summed E-state index contributed by atoms with van der Waals surface area (Å²) in [6.45, 7) is 2.13. The summed E-state index contributed by atoms with van der Waals surface area (Å²) in [6, 6.07) is 10.1. The molecule has 1 aromatic carbocycles. The van der Waals surface area contributed by atoms with Crippen LogP contribution in [-0.4, -0.2) is 28.2 Å². The van der Waals surface area contributed by atoms with Crippen LogP contribution in [0.25, 0.3) is 11.6 Å². The second-order valence-corrected chi connectivity index (χ2v) is 5.83. The predicted molar refractivity (Wildman–Crippen MR) is 89.7 cm³/mol. The Morgan fingerprint density at radius 3 is 2.84 bits per heavy atom. The zero-order valence-corrected chi connectivity index (χ0v) is 13.6. The average Bonchev–Trinajstić information content (AvgIpc) is 3.33. The molecule has 0 amide bonds. The Morgan fingerprint density at radius 2 is 2.00 bits per heavy atom. The van der Waals surface area contributed by atoms with Crippen molar-refractivity contribution in [3.63, 3.8) is 0 Å². The van der Waals surface area contributed by atoms with Gasteiger partial charge >= 0.3 is 0 Å². The molecule has 3 aromatic rings. The molecule has 128 valence electrons. The van der Waals surface area contributed by atoms with Crippen molar-refractivity contribution in [3.8, 4) is 17.3 Å². The van der Waals surface area contributed by atoms with Crippen LogP contribution in [0.2, 0.25) is 0 Å². The maximum Gasteiger partial charge on any atom is 0.276 e. The molecule has 0 bridgehead atoms. The second-order valence-electron chi connectivity index (χ2n) is 5.83. The summed E-state index contributed by atoms with van der Waals surface area (Å²) in [5, 5.41) is 3.88. The van der Waals surface area contributed by atoms with Crippen molar-refractivity contribution in [1.29, 1.82) is 0 Å². The largest absolute Gasteiger partial charge is 0.482 e. The molecule has 0 saturated carbocycles. The molecule has 1 saturated heterocycles. The van der Waals surface area contributed by atoms with E-state index in [0.29, 0.717) is 17.4 Å². The minimum atomic E-state index is -0.425. The number of pyridine rings is 1. The Hall–Kier alpha value is -2.96. The molecule has 4 rings (SSSR count). The lowest BCUT2D eigenvalue weighted by Crippen LogP contribution is -2.17. The molecule has 6 nitrogen and oxygen atoms in total. The summed E-state index contributed by atoms with van der Waals surface area (Å²) in [5.74, 6) is 0.397. The van der Waals surface area contributed by atoms with Crippen molar-refractivity contribution in [2.45, 2.75) is 19.4 Å². The number of halogens is 1. The highest BCUT2D eigenvalue weighted by molar-refractivity contribution is 5.58. The van der Waals surface area contributed by atoms with Gasteiger partial charge in [0, 0.05) is 25.0 Å². The summed E-state index contributed by atoms with van der Waals surface area (Å²) < 4.78 is 24.2. The maximum atomic E-state index is 13.6. The number of aromatic nitrogens is 3. The molecule has 1 aliphatic heterocycles. The molecular formula is C18H17FN4O2. The van der Waals surface area contributed by atoms with Crippen LogP contribution in [0.1, 0.15) is 18.7 Å². The lowest BCUT2D eigenvalue weighted by atomic mass is 10.3.